The summed E-state index contributed by atoms with van der Waals surface area (Å²) in [5.41, 5.74) is 3.76. The summed E-state index contributed by atoms with van der Waals surface area (Å²) in [5, 5.41) is 7.07. The summed E-state index contributed by atoms with van der Waals surface area (Å²) in [6.45, 7) is 0. The van der Waals surface area contributed by atoms with Crippen molar-refractivity contribution in [2.45, 2.75) is 0 Å². The van der Waals surface area contributed by atoms with Crippen molar-refractivity contribution in [3.8, 4) is 23.0 Å². The zero-order valence-electron chi connectivity index (χ0n) is 22.1. The lowest BCUT2D eigenvalue weighted by Gasteiger charge is -2.14. The quantitative estimate of drug-likeness (QED) is 0.114. The Balaban J connectivity index is 1.40. The number of hydrogen-bond acceptors (Lipinski definition) is 9. The molecule has 0 atom stereocenters. The Bertz CT molecular complexity index is 1560. The Hall–Kier alpha value is -5.29. The second kappa shape index (κ2) is 13.2. The van der Waals surface area contributed by atoms with Crippen LogP contribution in [0.1, 0.15) is 36.8 Å². The lowest BCUT2D eigenvalue weighted by molar-refractivity contribution is 0.0700. The molecular weight excluding hydrogens is 554 g/mol. The van der Waals surface area contributed by atoms with E-state index in [1.54, 1.807) is 24.3 Å². The van der Waals surface area contributed by atoms with Crippen molar-refractivity contribution in [2.75, 3.05) is 26.6 Å². The molecule has 0 saturated carbocycles. The molecule has 0 radical (unpaired) electrons. The summed E-state index contributed by atoms with van der Waals surface area (Å²) >= 11 is 6.07. The Labute approximate surface area is 239 Å². The molecule has 4 rings (SSSR count). The molecule has 0 aliphatic heterocycles. The number of anilines is 1. The van der Waals surface area contributed by atoms with Gasteiger partial charge < -0.3 is 28.7 Å². The fourth-order valence-corrected chi connectivity index (χ4v) is 3.78. The summed E-state index contributed by atoms with van der Waals surface area (Å²) in [6, 6.07) is 16.8. The van der Waals surface area contributed by atoms with Crippen LogP contribution in [0.5, 0.6) is 23.0 Å². The fraction of sp³-hybridized carbons (Fsp3) is 0.103. The van der Waals surface area contributed by atoms with Crippen LogP contribution in [0.2, 0.25) is 5.02 Å². The number of hydrazone groups is 1. The molecule has 0 aliphatic carbocycles. The van der Waals surface area contributed by atoms with Crippen molar-refractivity contribution in [1.82, 2.24) is 5.43 Å². The summed E-state index contributed by atoms with van der Waals surface area (Å²) < 4.78 is 26.3. The van der Waals surface area contributed by atoms with Gasteiger partial charge in [0.1, 0.15) is 5.75 Å². The molecule has 1 heterocycles. The van der Waals surface area contributed by atoms with Crippen LogP contribution >= 0.6 is 11.6 Å². The van der Waals surface area contributed by atoms with Gasteiger partial charge in [-0.05, 0) is 66.7 Å². The van der Waals surface area contributed by atoms with E-state index in [2.05, 4.69) is 15.8 Å². The van der Waals surface area contributed by atoms with Crippen LogP contribution in [0.25, 0.3) is 0 Å². The maximum atomic E-state index is 12.8. The lowest BCUT2D eigenvalue weighted by atomic mass is 10.1. The van der Waals surface area contributed by atoms with Gasteiger partial charge in [0.25, 0.3) is 11.8 Å². The van der Waals surface area contributed by atoms with Crippen LogP contribution in [0.15, 0.2) is 82.5 Å². The van der Waals surface area contributed by atoms with E-state index in [-0.39, 0.29) is 22.6 Å². The standard InChI is InChI=1S/C29H24ClN3O8/c1-37-24-14-18(15-25(38-2)26(24)39-3)27(34)32-21-9-6-17(7-10-21)28(35)33-31-16-19-13-20(30)8-11-22(19)41-29(36)23-5-4-12-40-23/h4-16H,1-3H3,(H,32,34)(H,33,35)/b31-16+. The maximum absolute atomic E-state index is 12.8. The highest BCUT2D eigenvalue weighted by atomic mass is 35.5. The van der Waals surface area contributed by atoms with Gasteiger partial charge in [-0.3, -0.25) is 9.59 Å². The number of nitrogens with zero attached hydrogens (tertiary/aromatic N) is 1. The van der Waals surface area contributed by atoms with E-state index in [1.165, 1.54) is 76.3 Å². The predicted molar refractivity (Wildman–Crippen MR) is 151 cm³/mol. The van der Waals surface area contributed by atoms with Crippen molar-refractivity contribution < 1.29 is 37.7 Å². The molecule has 11 nitrogen and oxygen atoms in total. The first-order chi connectivity index (χ1) is 19.8. The van der Waals surface area contributed by atoms with Crippen molar-refractivity contribution in [3.05, 3.63) is 100 Å². The molecule has 0 spiro atoms. The number of carbonyl (C=O) groups excluding carboxylic acids is 3. The zero-order chi connectivity index (χ0) is 29.4. The first-order valence-corrected chi connectivity index (χ1v) is 12.3. The van der Waals surface area contributed by atoms with Gasteiger partial charge in [0.05, 0.1) is 33.8 Å². The highest BCUT2D eigenvalue weighted by Crippen LogP contribution is 2.38. The topological polar surface area (TPSA) is 138 Å². The molecule has 1 aromatic heterocycles. The summed E-state index contributed by atoms with van der Waals surface area (Å²) in [6.07, 6.45) is 2.65. The molecule has 2 N–H and O–H groups in total. The van der Waals surface area contributed by atoms with Gasteiger partial charge >= 0.3 is 5.97 Å². The average molecular weight is 578 g/mol. The second-order valence-corrected chi connectivity index (χ2v) is 8.63. The van der Waals surface area contributed by atoms with Crippen molar-refractivity contribution in [2.24, 2.45) is 5.10 Å². The van der Waals surface area contributed by atoms with E-state index in [0.29, 0.717) is 33.5 Å². The molecule has 0 saturated heterocycles. The number of carbonyl (C=O) groups is 3. The minimum Gasteiger partial charge on any atom is -0.493 e. The van der Waals surface area contributed by atoms with Crippen LogP contribution < -0.4 is 29.7 Å². The molecule has 210 valence electrons. The molecule has 0 aliphatic rings. The fourth-order valence-electron chi connectivity index (χ4n) is 3.60. The zero-order valence-corrected chi connectivity index (χ0v) is 22.9. The van der Waals surface area contributed by atoms with Crippen molar-refractivity contribution in [3.63, 3.8) is 0 Å². The minimum atomic E-state index is -0.701. The van der Waals surface area contributed by atoms with Crippen molar-refractivity contribution in [1.29, 1.82) is 0 Å². The van der Waals surface area contributed by atoms with Gasteiger partial charge in [-0.25, -0.2) is 10.2 Å². The normalized spacial score (nSPS) is 10.6. The first-order valence-electron chi connectivity index (χ1n) is 11.9. The van der Waals surface area contributed by atoms with E-state index in [1.807, 2.05) is 0 Å². The van der Waals surface area contributed by atoms with Crippen LogP contribution in [-0.4, -0.2) is 45.3 Å². The Morgan fingerprint density at radius 1 is 0.829 bits per heavy atom. The number of benzene rings is 3. The van der Waals surface area contributed by atoms with E-state index in [9.17, 15) is 14.4 Å². The third-order valence-corrected chi connectivity index (χ3v) is 5.83. The molecule has 0 fully saturated rings. The summed E-state index contributed by atoms with van der Waals surface area (Å²) in [7, 11) is 4.38. The summed E-state index contributed by atoms with van der Waals surface area (Å²) in [5.74, 6) is -0.397. The van der Waals surface area contributed by atoms with Crippen molar-refractivity contribution >= 4 is 41.3 Å². The Morgan fingerprint density at radius 3 is 2.15 bits per heavy atom. The SMILES string of the molecule is COc1cc(C(=O)Nc2ccc(C(=O)N/N=C/c3cc(Cl)ccc3OC(=O)c3ccco3)cc2)cc(OC)c1OC. The van der Waals surface area contributed by atoms with Crippen LogP contribution in [-0.2, 0) is 0 Å². The van der Waals surface area contributed by atoms with Crippen LogP contribution in [0.3, 0.4) is 0 Å². The molecule has 0 unspecified atom stereocenters. The average Bonchev–Trinajstić information content (AvgIpc) is 3.53. The largest absolute Gasteiger partial charge is 0.493 e. The number of methoxy groups -OCH3 is 3. The molecule has 3 aromatic carbocycles. The number of ether oxygens (including phenoxy) is 4. The summed E-state index contributed by atoms with van der Waals surface area (Å²) in [4.78, 5) is 37.7. The molecule has 4 aromatic rings. The number of rotatable bonds is 10. The first kappa shape index (κ1) is 28.7. The van der Waals surface area contributed by atoms with Crippen LogP contribution in [0, 0.1) is 0 Å². The highest BCUT2D eigenvalue weighted by molar-refractivity contribution is 6.31. The van der Waals surface area contributed by atoms with E-state index in [4.69, 9.17) is 35.0 Å². The minimum absolute atomic E-state index is 0.0271. The molecule has 2 amide bonds. The highest BCUT2D eigenvalue weighted by Gasteiger charge is 2.18. The number of hydrogen-bond donors (Lipinski definition) is 2. The van der Waals surface area contributed by atoms with Crippen LogP contribution in [0.4, 0.5) is 5.69 Å². The molecule has 0 bridgehead atoms. The predicted octanol–water partition coefficient (Wildman–Crippen LogP) is 5.19. The third kappa shape index (κ3) is 7.02. The van der Waals surface area contributed by atoms with Gasteiger partial charge in [-0.15, -0.1) is 0 Å². The Morgan fingerprint density at radius 2 is 1.54 bits per heavy atom. The third-order valence-electron chi connectivity index (χ3n) is 5.60. The molecule has 12 heteroatoms. The number of nitrogens with one attached hydrogen (secondary N) is 2. The number of esters is 1. The number of halogens is 1. The maximum Gasteiger partial charge on any atom is 0.379 e. The smallest absolute Gasteiger partial charge is 0.379 e. The van der Waals surface area contributed by atoms with Gasteiger partial charge in [-0.1, -0.05) is 11.6 Å². The molecule has 41 heavy (non-hydrogen) atoms. The number of amides is 2. The van der Waals surface area contributed by atoms with E-state index >= 15 is 0 Å². The van der Waals surface area contributed by atoms with Gasteiger partial charge in [0.2, 0.25) is 11.5 Å². The van der Waals surface area contributed by atoms with Gasteiger partial charge in [-0.2, -0.15) is 5.10 Å². The van der Waals surface area contributed by atoms with Gasteiger partial charge in [0, 0.05) is 27.4 Å². The van der Waals surface area contributed by atoms with Gasteiger partial charge in [0.15, 0.2) is 11.5 Å². The second-order valence-electron chi connectivity index (χ2n) is 8.19. The van der Waals surface area contributed by atoms with E-state index in [0.717, 1.165) is 0 Å². The van der Waals surface area contributed by atoms with E-state index < -0.39 is 17.8 Å². The Kier molecular flexibility index (Phi) is 9.23. The number of furan rings is 1. The monoisotopic (exact) mass is 577 g/mol. The lowest BCUT2D eigenvalue weighted by Crippen LogP contribution is -2.18. The molecular formula is C29H24ClN3O8.